The first-order chi connectivity index (χ1) is 7.97. The third-order valence-electron chi connectivity index (χ3n) is 3.80. The third-order valence-corrected chi connectivity index (χ3v) is 3.80. The summed E-state index contributed by atoms with van der Waals surface area (Å²) in [6, 6.07) is -0.317. The summed E-state index contributed by atoms with van der Waals surface area (Å²) in [4.78, 5) is 23.6. The van der Waals surface area contributed by atoms with Crippen molar-refractivity contribution in [2.24, 2.45) is 17.8 Å². The Balaban J connectivity index is 1.75. The molecule has 2 aliphatic carbocycles. The van der Waals surface area contributed by atoms with Crippen LogP contribution >= 0.6 is 0 Å². The summed E-state index contributed by atoms with van der Waals surface area (Å²) >= 11 is 0. The van der Waals surface area contributed by atoms with Crippen molar-refractivity contribution in [1.29, 1.82) is 0 Å². The van der Waals surface area contributed by atoms with Gasteiger partial charge in [-0.05, 0) is 51.9 Å². The molecule has 2 fully saturated rings. The molecule has 17 heavy (non-hydrogen) atoms. The van der Waals surface area contributed by atoms with Crippen LogP contribution < -0.4 is 10.6 Å². The second-order valence-corrected chi connectivity index (χ2v) is 5.82. The van der Waals surface area contributed by atoms with Gasteiger partial charge in [-0.2, -0.15) is 0 Å². The summed E-state index contributed by atoms with van der Waals surface area (Å²) in [5.41, 5.74) is 0. The van der Waals surface area contributed by atoms with Crippen LogP contribution in [0.1, 0.15) is 40.0 Å². The standard InChI is InChI=1S/C13H22N2O2/c1-7(2)14-12(16)8(3)15-13(17)11-5-9-4-10(9)6-11/h7-11H,4-6H2,1-3H3,(H,14,16)(H,15,17). The molecular weight excluding hydrogens is 216 g/mol. The van der Waals surface area contributed by atoms with Crippen molar-refractivity contribution in [3.63, 3.8) is 0 Å². The van der Waals surface area contributed by atoms with Gasteiger partial charge in [-0.3, -0.25) is 9.59 Å². The summed E-state index contributed by atoms with van der Waals surface area (Å²) in [7, 11) is 0. The van der Waals surface area contributed by atoms with Gasteiger partial charge in [-0.1, -0.05) is 0 Å². The van der Waals surface area contributed by atoms with Crippen molar-refractivity contribution >= 4 is 11.8 Å². The number of carbonyl (C=O) groups is 2. The number of hydrogen-bond donors (Lipinski definition) is 2. The quantitative estimate of drug-likeness (QED) is 0.769. The summed E-state index contributed by atoms with van der Waals surface area (Å²) in [5.74, 6) is 1.70. The second kappa shape index (κ2) is 4.67. The van der Waals surface area contributed by atoms with E-state index in [0.717, 1.165) is 24.7 Å². The molecule has 3 atom stereocenters. The number of rotatable bonds is 4. The molecule has 2 amide bonds. The molecule has 2 rings (SSSR count). The minimum atomic E-state index is -0.429. The highest BCUT2D eigenvalue weighted by molar-refractivity contribution is 5.88. The zero-order chi connectivity index (χ0) is 12.6. The molecule has 3 unspecified atom stereocenters. The molecule has 0 spiro atoms. The fraction of sp³-hybridized carbons (Fsp3) is 0.846. The largest absolute Gasteiger partial charge is 0.352 e. The predicted molar refractivity (Wildman–Crippen MR) is 65.2 cm³/mol. The molecule has 0 radical (unpaired) electrons. The van der Waals surface area contributed by atoms with Gasteiger partial charge in [0, 0.05) is 12.0 Å². The molecule has 0 aromatic rings. The Bertz CT molecular complexity index is 317. The van der Waals surface area contributed by atoms with Crippen LogP contribution in [-0.4, -0.2) is 23.9 Å². The first-order valence-corrected chi connectivity index (χ1v) is 6.58. The predicted octanol–water partition coefficient (Wildman–Crippen LogP) is 1.06. The summed E-state index contributed by atoms with van der Waals surface area (Å²) < 4.78 is 0. The third kappa shape index (κ3) is 2.99. The monoisotopic (exact) mass is 238 g/mol. The van der Waals surface area contributed by atoms with E-state index < -0.39 is 6.04 Å². The molecule has 0 heterocycles. The highest BCUT2D eigenvalue weighted by atomic mass is 16.2. The Morgan fingerprint density at radius 3 is 2.12 bits per heavy atom. The number of hydrogen-bond acceptors (Lipinski definition) is 2. The van der Waals surface area contributed by atoms with Crippen LogP contribution in [0.5, 0.6) is 0 Å². The van der Waals surface area contributed by atoms with Crippen molar-refractivity contribution < 1.29 is 9.59 Å². The van der Waals surface area contributed by atoms with E-state index in [1.165, 1.54) is 6.42 Å². The highest BCUT2D eigenvalue weighted by Gasteiger charge is 2.48. The van der Waals surface area contributed by atoms with E-state index in [1.807, 2.05) is 13.8 Å². The van der Waals surface area contributed by atoms with Crippen LogP contribution in [-0.2, 0) is 9.59 Å². The lowest BCUT2D eigenvalue weighted by Crippen LogP contribution is -2.48. The second-order valence-electron chi connectivity index (χ2n) is 5.82. The van der Waals surface area contributed by atoms with Crippen LogP contribution in [0.2, 0.25) is 0 Å². The van der Waals surface area contributed by atoms with E-state index in [-0.39, 0.29) is 23.8 Å². The van der Waals surface area contributed by atoms with Gasteiger partial charge < -0.3 is 10.6 Å². The van der Waals surface area contributed by atoms with Crippen LogP contribution in [0.3, 0.4) is 0 Å². The van der Waals surface area contributed by atoms with E-state index >= 15 is 0 Å². The van der Waals surface area contributed by atoms with Gasteiger partial charge in [-0.15, -0.1) is 0 Å². The average molecular weight is 238 g/mol. The first-order valence-electron chi connectivity index (χ1n) is 6.58. The Hall–Kier alpha value is -1.06. The maximum absolute atomic E-state index is 11.9. The van der Waals surface area contributed by atoms with E-state index in [9.17, 15) is 9.59 Å². The summed E-state index contributed by atoms with van der Waals surface area (Å²) in [5, 5.41) is 5.62. The minimum Gasteiger partial charge on any atom is -0.352 e. The minimum absolute atomic E-state index is 0.0589. The zero-order valence-electron chi connectivity index (χ0n) is 10.8. The average Bonchev–Trinajstić information content (AvgIpc) is 2.84. The van der Waals surface area contributed by atoms with Crippen molar-refractivity contribution in [3.8, 4) is 0 Å². The molecule has 2 saturated carbocycles. The van der Waals surface area contributed by atoms with E-state index in [1.54, 1.807) is 6.92 Å². The molecule has 96 valence electrons. The Labute approximate surface area is 103 Å². The zero-order valence-corrected chi connectivity index (χ0v) is 10.8. The Morgan fingerprint density at radius 2 is 1.59 bits per heavy atom. The molecule has 0 aromatic carbocycles. The normalized spacial score (nSPS) is 31.9. The fourth-order valence-electron chi connectivity index (χ4n) is 2.74. The SMILES string of the molecule is CC(C)NC(=O)C(C)NC(=O)C1CC2CC2C1. The summed E-state index contributed by atoms with van der Waals surface area (Å²) in [6.45, 7) is 5.57. The van der Waals surface area contributed by atoms with Crippen LogP contribution in [0, 0.1) is 17.8 Å². The summed E-state index contributed by atoms with van der Waals surface area (Å²) in [6.07, 6.45) is 3.36. The lowest BCUT2D eigenvalue weighted by Gasteiger charge is -2.18. The Morgan fingerprint density at radius 1 is 1.00 bits per heavy atom. The molecule has 2 aliphatic rings. The van der Waals surface area contributed by atoms with E-state index in [4.69, 9.17) is 0 Å². The molecule has 0 bridgehead atoms. The molecule has 0 aromatic heterocycles. The van der Waals surface area contributed by atoms with Gasteiger partial charge >= 0.3 is 0 Å². The highest BCUT2D eigenvalue weighted by Crippen LogP contribution is 2.54. The van der Waals surface area contributed by atoms with Crippen molar-refractivity contribution in [2.45, 2.75) is 52.1 Å². The van der Waals surface area contributed by atoms with Gasteiger partial charge in [-0.25, -0.2) is 0 Å². The van der Waals surface area contributed by atoms with Gasteiger partial charge in [0.25, 0.3) is 0 Å². The smallest absolute Gasteiger partial charge is 0.242 e. The van der Waals surface area contributed by atoms with E-state index in [0.29, 0.717) is 0 Å². The van der Waals surface area contributed by atoms with Crippen molar-refractivity contribution in [1.82, 2.24) is 10.6 Å². The lowest BCUT2D eigenvalue weighted by molar-refractivity contribution is -0.131. The number of amides is 2. The first kappa shape index (κ1) is 12.4. The van der Waals surface area contributed by atoms with Crippen LogP contribution in [0.4, 0.5) is 0 Å². The van der Waals surface area contributed by atoms with Gasteiger partial charge in [0.1, 0.15) is 6.04 Å². The van der Waals surface area contributed by atoms with Crippen molar-refractivity contribution in [3.05, 3.63) is 0 Å². The number of fused-ring (bicyclic) bond motifs is 1. The fourth-order valence-corrected chi connectivity index (χ4v) is 2.74. The topological polar surface area (TPSA) is 58.2 Å². The molecule has 4 nitrogen and oxygen atoms in total. The van der Waals surface area contributed by atoms with Crippen LogP contribution in [0.15, 0.2) is 0 Å². The van der Waals surface area contributed by atoms with Gasteiger partial charge in [0.05, 0.1) is 0 Å². The molecular formula is C13H22N2O2. The number of nitrogens with one attached hydrogen (secondary N) is 2. The van der Waals surface area contributed by atoms with Gasteiger partial charge in [0.2, 0.25) is 11.8 Å². The number of carbonyl (C=O) groups excluding carboxylic acids is 2. The molecule has 4 heteroatoms. The molecule has 2 N–H and O–H groups in total. The molecule has 0 saturated heterocycles. The van der Waals surface area contributed by atoms with Crippen molar-refractivity contribution in [2.75, 3.05) is 0 Å². The molecule has 0 aliphatic heterocycles. The Kier molecular flexibility index (Phi) is 3.40. The van der Waals surface area contributed by atoms with E-state index in [2.05, 4.69) is 10.6 Å². The van der Waals surface area contributed by atoms with Crippen LogP contribution in [0.25, 0.3) is 0 Å². The lowest BCUT2D eigenvalue weighted by atomic mass is 10.0. The van der Waals surface area contributed by atoms with Gasteiger partial charge in [0.15, 0.2) is 0 Å². The maximum atomic E-state index is 11.9. The maximum Gasteiger partial charge on any atom is 0.242 e.